The molecule has 2 fully saturated rings. The molecule has 0 spiro atoms. The Morgan fingerprint density at radius 3 is 2.60 bits per heavy atom. The first kappa shape index (κ1) is 15.8. The average molecular weight is 282 g/mol. The van der Waals surface area contributed by atoms with Crippen LogP contribution >= 0.6 is 0 Å². The molecular formula is C16H30N2O2. The van der Waals surface area contributed by atoms with Gasteiger partial charge >= 0.3 is 5.97 Å². The maximum Gasteiger partial charge on any atom is 0.323 e. The minimum absolute atomic E-state index is 0.574. The number of hydrogen-bond donors (Lipinski definition) is 2. The van der Waals surface area contributed by atoms with Gasteiger partial charge in [-0.2, -0.15) is 0 Å². The van der Waals surface area contributed by atoms with Crippen molar-refractivity contribution in [2.75, 3.05) is 13.1 Å². The lowest BCUT2D eigenvalue weighted by Gasteiger charge is -2.29. The lowest BCUT2D eigenvalue weighted by atomic mass is 9.95. The van der Waals surface area contributed by atoms with E-state index in [4.69, 9.17) is 10.8 Å². The molecule has 2 aliphatic rings. The molecule has 2 unspecified atom stereocenters. The van der Waals surface area contributed by atoms with E-state index in [1.54, 1.807) is 6.92 Å². The number of aliphatic carboxylic acids is 1. The van der Waals surface area contributed by atoms with Crippen molar-refractivity contribution in [3.05, 3.63) is 0 Å². The third-order valence-corrected chi connectivity index (χ3v) is 5.24. The average Bonchev–Trinajstić information content (AvgIpc) is 3.04. The highest BCUT2D eigenvalue weighted by molar-refractivity contribution is 5.77. The molecule has 4 heteroatoms. The van der Waals surface area contributed by atoms with Gasteiger partial charge in [0.25, 0.3) is 0 Å². The molecule has 1 saturated heterocycles. The van der Waals surface area contributed by atoms with Gasteiger partial charge in [0, 0.05) is 6.04 Å². The molecule has 1 aliphatic carbocycles. The van der Waals surface area contributed by atoms with Gasteiger partial charge in [0.1, 0.15) is 5.54 Å². The molecule has 0 bridgehead atoms. The molecule has 0 aromatic carbocycles. The number of carboxylic acid groups (broad SMARTS) is 1. The summed E-state index contributed by atoms with van der Waals surface area (Å²) >= 11 is 0. The van der Waals surface area contributed by atoms with Crippen molar-refractivity contribution < 1.29 is 9.90 Å². The molecule has 1 heterocycles. The van der Waals surface area contributed by atoms with Crippen molar-refractivity contribution in [3.8, 4) is 0 Å². The van der Waals surface area contributed by atoms with Crippen molar-refractivity contribution in [1.82, 2.24) is 4.90 Å². The van der Waals surface area contributed by atoms with Gasteiger partial charge in [0.05, 0.1) is 0 Å². The quantitative estimate of drug-likeness (QED) is 0.704. The second kappa shape index (κ2) is 6.90. The fraction of sp³-hybridized carbons (Fsp3) is 0.938. The maximum absolute atomic E-state index is 11.0. The SMILES string of the molecule is CC(N)(CCCCN1CCCC1C1CCCC1)C(=O)O. The van der Waals surface area contributed by atoms with Gasteiger partial charge in [-0.1, -0.05) is 12.8 Å². The van der Waals surface area contributed by atoms with Crippen LogP contribution in [0.4, 0.5) is 0 Å². The van der Waals surface area contributed by atoms with E-state index in [9.17, 15) is 4.79 Å². The Morgan fingerprint density at radius 2 is 1.95 bits per heavy atom. The Bertz CT molecular complexity index is 324. The van der Waals surface area contributed by atoms with Gasteiger partial charge < -0.3 is 15.7 Å². The van der Waals surface area contributed by atoms with Gasteiger partial charge in [0.2, 0.25) is 0 Å². The van der Waals surface area contributed by atoms with Gasteiger partial charge in [-0.3, -0.25) is 4.79 Å². The largest absolute Gasteiger partial charge is 0.480 e. The molecule has 0 amide bonds. The smallest absolute Gasteiger partial charge is 0.323 e. The molecule has 1 aliphatic heterocycles. The van der Waals surface area contributed by atoms with E-state index in [-0.39, 0.29) is 0 Å². The molecule has 4 nitrogen and oxygen atoms in total. The predicted octanol–water partition coefficient (Wildman–Crippen LogP) is 2.61. The Kier molecular flexibility index (Phi) is 5.44. The van der Waals surface area contributed by atoms with E-state index >= 15 is 0 Å². The minimum atomic E-state index is -1.06. The summed E-state index contributed by atoms with van der Waals surface area (Å²) in [6.07, 6.45) is 10.9. The molecular weight excluding hydrogens is 252 g/mol. The summed E-state index contributed by atoms with van der Waals surface area (Å²) in [6.45, 7) is 3.98. The van der Waals surface area contributed by atoms with Crippen molar-refractivity contribution in [1.29, 1.82) is 0 Å². The predicted molar refractivity (Wildman–Crippen MR) is 80.6 cm³/mol. The zero-order valence-electron chi connectivity index (χ0n) is 12.8. The number of hydrogen-bond acceptors (Lipinski definition) is 3. The highest BCUT2D eigenvalue weighted by Gasteiger charge is 2.33. The number of nitrogens with two attached hydrogens (primary N) is 1. The standard InChI is InChI=1S/C16H30N2O2/c1-16(17,15(19)20)10-4-5-11-18-12-6-9-14(18)13-7-2-3-8-13/h13-14H,2-12,17H2,1H3,(H,19,20). The van der Waals surface area contributed by atoms with Gasteiger partial charge in [-0.25, -0.2) is 0 Å². The van der Waals surface area contributed by atoms with Crippen LogP contribution in [0.15, 0.2) is 0 Å². The summed E-state index contributed by atoms with van der Waals surface area (Å²) in [7, 11) is 0. The van der Waals surface area contributed by atoms with Crippen LogP contribution in [0.5, 0.6) is 0 Å². The first-order chi connectivity index (χ1) is 9.50. The van der Waals surface area contributed by atoms with E-state index in [0.717, 1.165) is 31.3 Å². The monoisotopic (exact) mass is 282 g/mol. The number of carboxylic acids is 1. The zero-order chi connectivity index (χ0) is 14.6. The van der Waals surface area contributed by atoms with Crippen molar-refractivity contribution in [2.45, 2.75) is 76.3 Å². The van der Waals surface area contributed by atoms with Crippen LogP contribution in [-0.4, -0.2) is 40.6 Å². The number of nitrogens with zero attached hydrogens (tertiary/aromatic N) is 1. The van der Waals surface area contributed by atoms with Crippen molar-refractivity contribution in [3.63, 3.8) is 0 Å². The molecule has 2 atom stereocenters. The molecule has 116 valence electrons. The van der Waals surface area contributed by atoms with Crippen LogP contribution in [0, 0.1) is 5.92 Å². The third-order valence-electron chi connectivity index (χ3n) is 5.24. The van der Waals surface area contributed by atoms with E-state index in [1.165, 1.54) is 45.1 Å². The summed E-state index contributed by atoms with van der Waals surface area (Å²) in [5.74, 6) is 0.0406. The third kappa shape index (κ3) is 3.95. The normalized spacial score (nSPS) is 27.8. The number of likely N-dealkylation sites (tertiary alicyclic amines) is 1. The highest BCUT2D eigenvalue weighted by Crippen LogP contribution is 2.35. The maximum atomic E-state index is 11.0. The molecule has 0 aromatic heterocycles. The van der Waals surface area contributed by atoms with Crippen LogP contribution in [0.2, 0.25) is 0 Å². The van der Waals surface area contributed by atoms with Crippen LogP contribution in [0.3, 0.4) is 0 Å². The Labute approximate surface area is 122 Å². The number of carbonyl (C=O) groups is 1. The molecule has 0 radical (unpaired) electrons. The molecule has 0 aromatic rings. The lowest BCUT2D eigenvalue weighted by Crippen LogP contribution is -2.44. The van der Waals surface area contributed by atoms with E-state index < -0.39 is 11.5 Å². The van der Waals surface area contributed by atoms with Gasteiger partial charge in [0.15, 0.2) is 0 Å². The van der Waals surface area contributed by atoms with Crippen LogP contribution in [0.25, 0.3) is 0 Å². The summed E-state index contributed by atoms with van der Waals surface area (Å²) < 4.78 is 0. The van der Waals surface area contributed by atoms with Gasteiger partial charge in [-0.15, -0.1) is 0 Å². The topological polar surface area (TPSA) is 66.6 Å². The Morgan fingerprint density at radius 1 is 1.25 bits per heavy atom. The molecule has 20 heavy (non-hydrogen) atoms. The van der Waals surface area contributed by atoms with Crippen LogP contribution < -0.4 is 5.73 Å². The van der Waals surface area contributed by atoms with E-state index in [0.29, 0.717) is 6.42 Å². The second-order valence-corrected chi connectivity index (χ2v) is 6.97. The second-order valence-electron chi connectivity index (χ2n) is 6.97. The van der Waals surface area contributed by atoms with Crippen LogP contribution in [-0.2, 0) is 4.79 Å². The first-order valence-corrected chi connectivity index (χ1v) is 8.27. The fourth-order valence-electron chi connectivity index (χ4n) is 3.92. The highest BCUT2D eigenvalue weighted by atomic mass is 16.4. The van der Waals surface area contributed by atoms with Crippen molar-refractivity contribution >= 4 is 5.97 Å². The molecule has 1 saturated carbocycles. The summed E-state index contributed by atoms with van der Waals surface area (Å²) in [4.78, 5) is 13.6. The van der Waals surface area contributed by atoms with Crippen LogP contribution in [0.1, 0.15) is 64.7 Å². The Balaban J connectivity index is 1.69. The lowest BCUT2D eigenvalue weighted by molar-refractivity contribution is -0.142. The number of unbranched alkanes of at least 4 members (excludes halogenated alkanes) is 1. The molecule has 3 N–H and O–H groups in total. The Hall–Kier alpha value is -0.610. The minimum Gasteiger partial charge on any atom is -0.480 e. The summed E-state index contributed by atoms with van der Waals surface area (Å²) in [5.41, 5.74) is 4.71. The van der Waals surface area contributed by atoms with Gasteiger partial charge in [-0.05, 0) is 70.9 Å². The van der Waals surface area contributed by atoms with E-state index in [1.807, 2.05) is 0 Å². The first-order valence-electron chi connectivity index (χ1n) is 8.27. The number of rotatable bonds is 7. The van der Waals surface area contributed by atoms with Crippen molar-refractivity contribution in [2.24, 2.45) is 11.7 Å². The summed E-state index contributed by atoms with van der Waals surface area (Å²) in [6, 6.07) is 0.807. The molecule has 2 rings (SSSR count). The zero-order valence-corrected chi connectivity index (χ0v) is 12.8. The fourth-order valence-corrected chi connectivity index (χ4v) is 3.92. The summed E-state index contributed by atoms with van der Waals surface area (Å²) in [5, 5.41) is 9.00. The van der Waals surface area contributed by atoms with E-state index in [2.05, 4.69) is 4.90 Å².